The lowest BCUT2D eigenvalue weighted by Crippen LogP contribution is -2.40. The first-order valence-electron chi connectivity index (χ1n) is 8.22. The topological polar surface area (TPSA) is 80.6 Å². The summed E-state index contributed by atoms with van der Waals surface area (Å²) in [6, 6.07) is 7.30. The van der Waals surface area contributed by atoms with Gasteiger partial charge in [0.05, 0.1) is 6.61 Å². The molecule has 0 unspecified atom stereocenters. The van der Waals surface area contributed by atoms with Gasteiger partial charge in [0.25, 0.3) is 5.79 Å². The van der Waals surface area contributed by atoms with Gasteiger partial charge in [0.1, 0.15) is 6.07 Å². The molecule has 3 rings (SSSR count). The van der Waals surface area contributed by atoms with Gasteiger partial charge in [-0.1, -0.05) is 6.42 Å². The third-order valence-electron chi connectivity index (χ3n) is 4.15. The molecule has 2 aliphatic rings. The molecule has 0 saturated heterocycles. The second-order valence-corrected chi connectivity index (χ2v) is 5.87. The standard InChI is InChI=1S/C18H20N2O4/c1-2-22-17(21)13(11-19)12-20-14-6-7-15-16(10-14)24-18(23-15)8-4-3-5-9-18/h6-7,10,12,20H,2-5,8-9H2,1H3/b13-12+. The number of nitrogens with zero attached hydrogens (tertiary/aromatic N) is 1. The lowest BCUT2D eigenvalue weighted by molar-refractivity contribution is -0.138. The van der Waals surface area contributed by atoms with Crippen LogP contribution in [0.3, 0.4) is 0 Å². The van der Waals surface area contributed by atoms with Crippen LogP contribution in [0.4, 0.5) is 5.69 Å². The van der Waals surface area contributed by atoms with Crippen molar-refractivity contribution < 1.29 is 19.0 Å². The largest absolute Gasteiger partial charge is 0.462 e. The lowest BCUT2D eigenvalue weighted by Gasteiger charge is -2.31. The number of esters is 1. The van der Waals surface area contributed by atoms with Crippen molar-refractivity contribution in [3.63, 3.8) is 0 Å². The predicted octanol–water partition coefficient (Wildman–Crippen LogP) is 3.50. The molecular weight excluding hydrogens is 308 g/mol. The SMILES string of the molecule is CCOC(=O)/C(C#N)=C/Nc1ccc2c(c1)OC1(CCCCC1)O2. The van der Waals surface area contributed by atoms with Crippen LogP contribution in [-0.4, -0.2) is 18.4 Å². The van der Waals surface area contributed by atoms with Crippen molar-refractivity contribution in [2.24, 2.45) is 0 Å². The van der Waals surface area contributed by atoms with Crippen molar-refractivity contribution in [1.29, 1.82) is 5.26 Å². The molecule has 1 aromatic rings. The zero-order valence-corrected chi connectivity index (χ0v) is 13.6. The summed E-state index contributed by atoms with van der Waals surface area (Å²) in [4.78, 5) is 11.6. The number of anilines is 1. The summed E-state index contributed by atoms with van der Waals surface area (Å²) < 4.78 is 16.9. The van der Waals surface area contributed by atoms with Crippen LogP contribution in [0.15, 0.2) is 30.0 Å². The quantitative estimate of drug-likeness (QED) is 0.517. The number of carbonyl (C=O) groups is 1. The van der Waals surface area contributed by atoms with E-state index in [2.05, 4.69) is 5.32 Å². The Balaban J connectivity index is 1.71. The molecule has 1 N–H and O–H groups in total. The molecule has 0 atom stereocenters. The molecule has 24 heavy (non-hydrogen) atoms. The summed E-state index contributed by atoms with van der Waals surface area (Å²) in [5.41, 5.74) is 0.625. The third-order valence-corrected chi connectivity index (χ3v) is 4.15. The summed E-state index contributed by atoms with van der Waals surface area (Å²) in [6.45, 7) is 1.92. The smallest absolute Gasteiger partial charge is 0.350 e. The summed E-state index contributed by atoms with van der Waals surface area (Å²) in [5, 5.41) is 12.0. The average molecular weight is 328 g/mol. The molecular formula is C18H20N2O4. The van der Waals surface area contributed by atoms with E-state index >= 15 is 0 Å². The fraction of sp³-hybridized carbons (Fsp3) is 0.444. The number of fused-ring (bicyclic) bond motifs is 1. The molecule has 1 fully saturated rings. The van der Waals surface area contributed by atoms with Crippen molar-refractivity contribution in [2.45, 2.75) is 44.8 Å². The molecule has 1 aromatic carbocycles. The monoisotopic (exact) mass is 328 g/mol. The van der Waals surface area contributed by atoms with Gasteiger partial charge in [0, 0.05) is 30.8 Å². The minimum atomic E-state index is -0.644. The van der Waals surface area contributed by atoms with Crippen molar-refractivity contribution in [3.8, 4) is 17.6 Å². The molecule has 6 heteroatoms. The minimum absolute atomic E-state index is 0.0849. The third kappa shape index (κ3) is 3.30. The molecule has 1 aliphatic carbocycles. The van der Waals surface area contributed by atoms with E-state index in [1.807, 2.05) is 24.3 Å². The van der Waals surface area contributed by atoms with E-state index in [0.717, 1.165) is 31.4 Å². The number of nitrogens with one attached hydrogen (secondary N) is 1. The van der Waals surface area contributed by atoms with Crippen LogP contribution in [0.5, 0.6) is 11.5 Å². The normalized spacial score (nSPS) is 18.1. The van der Waals surface area contributed by atoms with Gasteiger partial charge in [-0.25, -0.2) is 4.79 Å². The molecule has 0 amide bonds. The van der Waals surface area contributed by atoms with E-state index in [-0.39, 0.29) is 12.2 Å². The van der Waals surface area contributed by atoms with Gasteiger partial charge in [0.15, 0.2) is 17.1 Å². The second kappa shape index (κ2) is 6.83. The van der Waals surface area contributed by atoms with Gasteiger partial charge in [-0.2, -0.15) is 5.26 Å². The molecule has 1 spiro atoms. The first kappa shape index (κ1) is 16.2. The van der Waals surface area contributed by atoms with Crippen LogP contribution in [-0.2, 0) is 9.53 Å². The van der Waals surface area contributed by atoms with Crippen molar-refractivity contribution in [3.05, 3.63) is 30.0 Å². The predicted molar refractivity (Wildman–Crippen MR) is 87.5 cm³/mol. The van der Waals surface area contributed by atoms with E-state index in [9.17, 15) is 4.79 Å². The van der Waals surface area contributed by atoms with E-state index in [4.69, 9.17) is 19.5 Å². The Hall–Kier alpha value is -2.68. The molecule has 0 aromatic heterocycles. The average Bonchev–Trinajstić information content (AvgIpc) is 2.92. The Morgan fingerprint density at radius 2 is 2.08 bits per heavy atom. The number of carbonyl (C=O) groups excluding carboxylic acids is 1. The van der Waals surface area contributed by atoms with Gasteiger partial charge in [-0.3, -0.25) is 0 Å². The van der Waals surface area contributed by atoms with E-state index in [0.29, 0.717) is 11.4 Å². The van der Waals surface area contributed by atoms with Crippen molar-refractivity contribution >= 4 is 11.7 Å². The molecule has 0 radical (unpaired) electrons. The number of benzene rings is 1. The summed E-state index contributed by atoms with van der Waals surface area (Å²) >= 11 is 0. The van der Waals surface area contributed by atoms with E-state index in [1.54, 1.807) is 6.92 Å². The maximum Gasteiger partial charge on any atom is 0.350 e. The van der Waals surface area contributed by atoms with Gasteiger partial charge < -0.3 is 19.5 Å². The Labute approximate surface area is 141 Å². The van der Waals surface area contributed by atoms with Gasteiger partial charge in [-0.05, 0) is 31.9 Å². The fourth-order valence-electron chi connectivity index (χ4n) is 2.98. The van der Waals surface area contributed by atoms with Crippen LogP contribution in [0, 0.1) is 11.3 Å². The van der Waals surface area contributed by atoms with Crippen molar-refractivity contribution in [1.82, 2.24) is 0 Å². The van der Waals surface area contributed by atoms with Crippen LogP contribution >= 0.6 is 0 Å². The zero-order chi connectivity index (χ0) is 17.0. The molecule has 1 saturated carbocycles. The van der Waals surface area contributed by atoms with E-state index < -0.39 is 11.8 Å². The van der Waals surface area contributed by atoms with Crippen LogP contribution < -0.4 is 14.8 Å². The first-order valence-corrected chi connectivity index (χ1v) is 8.22. The number of nitriles is 1. The highest BCUT2D eigenvalue weighted by molar-refractivity contribution is 5.93. The van der Waals surface area contributed by atoms with Crippen LogP contribution in [0.1, 0.15) is 39.0 Å². The number of hydrogen-bond donors (Lipinski definition) is 1. The molecule has 1 aliphatic heterocycles. The number of hydrogen-bond acceptors (Lipinski definition) is 6. The maximum absolute atomic E-state index is 11.6. The molecule has 0 bridgehead atoms. The Kier molecular flexibility index (Phi) is 4.61. The highest BCUT2D eigenvalue weighted by Crippen LogP contribution is 2.46. The van der Waals surface area contributed by atoms with Gasteiger partial charge in [0.2, 0.25) is 0 Å². The lowest BCUT2D eigenvalue weighted by atomic mass is 9.94. The zero-order valence-electron chi connectivity index (χ0n) is 13.6. The summed E-state index contributed by atoms with van der Waals surface area (Å²) in [6.07, 6.45) is 6.55. The Bertz CT molecular complexity index is 699. The first-order chi connectivity index (χ1) is 11.7. The summed E-state index contributed by atoms with van der Waals surface area (Å²) in [7, 11) is 0. The highest BCUT2D eigenvalue weighted by Gasteiger charge is 2.42. The second-order valence-electron chi connectivity index (χ2n) is 5.87. The molecule has 126 valence electrons. The van der Waals surface area contributed by atoms with Crippen LogP contribution in [0.25, 0.3) is 0 Å². The minimum Gasteiger partial charge on any atom is -0.462 e. The highest BCUT2D eigenvalue weighted by atomic mass is 16.7. The molecule has 1 heterocycles. The van der Waals surface area contributed by atoms with Gasteiger partial charge in [-0.15, -0.1) is 0 Å². The van der Waals surface area contributed by atoms with Crippen LogP contribution in [0.2, 0.25) is 0 Å². The summed E-state index contributed by atoms with van der Waals surface area (Å²) in [5.74, 6) is 0.259. The van der Waals surface area contributed by atoms with E-state index in [1.165, 1.54) is 12.6 Å². The Morgan fingerprint density at radius 3 is 2.79 bits per heavy atom. The molecule has 6 nitrogen and oxygen atoms in total. The van der Waals surface area contributed by atoms with Gasteiger partial charge >= 0.3 is 5.97 Å². The number of rotatable bonds is 4. The number of ether oxygens (including phenoxy) is 3. The fourth-order valence-corrected chi connectivity index (χ4v) is 2.98. The van der Waals surface area contributed by atoms with Crippen molar-refractivity contribution in [2.75, 3.05) is 11.9 Å². The Morgan fingerprint density at radius 1 is 1.33 bits per heavy atom. The maximum atomic E-state index is 11.6.